The maximum atomic E-state index is 2.49. The lowest BCUT2D eigenvalue weighted by atomic mass is 9.77. The molecule has 0 nitrogen and oxygen atoms in total. The van der Waals surface area contributed by atoms with Crippen molar-refractivity contribution >= 4 is 10.9 Å². The molecular weight excluding hydrogens is 392 g/mol. The van der Waals surface area contributed by atoms with E-state index in [1.165, 1.54) is 25.8 Å². The summed E-state index contributed by atoms with van der Waals surface area (Å²) in [6.07, 6.45) is 8.47. The van der Waals surface area contributed by atoms with Gasteiger partial charge in [0, 0.05) is 0 Å². The van der Waals surface area contributed by atoms with Gasteiger partial charge < -0.3 is 0 Å². The zero-order valence-electron chi connectivity index (χ0n) is 21.0. The average molecular weight is 434 g/mol. The van der Waals surface area contributed by atoms with Gasteiger partial charge in [-0.1, -0.05) is 92.7 Å². The number of hydrogen-bond donors (Lipinski definition) is 0. The molecule has 0 heterocycles. The van der Waals surface area contributed by atoms with Crippen LogP contribution in [0.3, 0.4) is 0 Å². The predicted octanol–water partition coefficient (Wildman–Crippen LogP) is 8.82. The first-order valence-corrected chi connectivity index (χ1v) is 12.8. The topological polar surface area (TPSA) is 0 Å². The molecule has 0 radical (unpaired) electrons. The molecule has 3 rings (SSSR count). The molecule has 0 aromatic heterocycles. The maximum absolute atomic E-state index is 2.49. The average Bonchev–Trinajstić information content (AvgIpc) is 2.67. The Hall–Kier alpha value is -1.73. The van der Waals surface area contributed by atoms with Crippen molar-refractivity contribution < 1.29 is 0 Å². The van der Waals surface area contributed by atoms with Crippen molar-refractivity contribution in [3.63, 3.8) is 0 Å². The van der Waals surface area contributed by atoms with E-state index in [-0.39, 0.29) is 21.7 Å². The third-order valence-electron chi connectivity index (χ3n) is 6.33. The molecule has 2 aromatic carbocycles. The van der Waals surface area contributed by atoms with E-state index in [9.17, 15) is 0 Å². The zero-order valence-corrected chi connectivity index (χ0v) is 21.9. The van der Waals surface area contributed by atoms with E-state index in [0.29, 0.717) is 11.3 Å². The second-order valence-electron chi connectivity index (χ2n) is 12.0. The third-order valence-corrected chi connectivity index (χ3v) is 8.59. The first-order chi connectivity index (χ1) is 14.3. The van der Waals surface area contributed by atoms with Gasteiger partial charge in [0.25, 0.3) is 0 Å². The molecule has 1 aliphatic rings. The highest BCUT2D eigenvalue weighted by Crippen LogP contribution is 2.39. The van der Waals surface area contributed by atoms with Crippen LogP contribution in [0.4, 0.5) is 0 Å². The fourth-order valence-corrected chi connectivity index (χ4v) is 6.10. The van der Waals surface area contributed by atoms with E-state index < -0.39 is 0 Å². The molecule has 0 fully saturated rings. The van der Waals surface area contributed by atoms with Crippen molar-refractivity contribution in [1.82, 2.24) is 0 Å². The molecule has 0 aliphatic heterocycles. The molecular formula is C30H41S+. The summed E-state index contributed by atoms with van der Waals surface area (Å²) in [7, 11) is -0.0752. The molecule has 31 heavy (non-hydrogen) atoms. The number of hydrogen-bond acceptors (Lipinski definition) is 0. The Bertz CT molecular complexity index is 878. The molecule has 0 saturated heterocycles. The van der Waals surface area contributed by atoms with Crippen LogP contribution in [0.1, 0.15) is 79.9 Å². The van der Waals surface area contributed by atoms with Crippen LogP contribution in [0.5, 0.6) is 0 Å². The highest BCUT2D eigenvalue weighted by atomic mass is 32.2. The van der Waals surface area contributed by atoms with Crippen LogP contribution in [-0.2, 0) is 21.7 Å². The van der Waals surface area contributed by atoms with Crippen LogP contribution in [-0.4, -0.2) is 0 Å². The molecule has 1 aliphatic carbocycles. The van der Waals surface area contributed by atoms with E-state index in [4.69, 9.17) is 0 Å². The fourth-order valence-electron chi connectivity index (χ4n) is 3.98. The van der Waals surface area contributed by atoms with Crippen LogP contribution >= 0.6 is 0 Å². The van der Waals surface area contributed by atoms with Gasteiger partial charge in [-0.2, -0.15) is 0 Å². The summed E-state index contributed by atoms with van der Waals surface area (Å²) in [5.41, 5.74) is 3.44. The van der Waals surface area contributed by atoms with Crippen LogP contribution in [0, 0.1) is 11.3 Å². The number of allylic oxidation sites excluding steroid dienone is 3. The second kappa shape index (κ2) is 8.66. The molecule has 1 atom stereocenters. The summed E-state index contributed by atoms with van der Waals surface area (Å²) in [5.74, 6) is 0.605. The standard InChI is InChI=1S/C30H41S/c1-28(2,3)22-10-16-25(17-11-22)31(26-18-12-23(13-19-26)29(4,5)6)27-20-14-24(15-21-27)30(7,8)9/h10-14,16-21,24H,15H2,1-9H3/q+1. The quantitative estimate of drug-likeness (QED) is 0.424. The fraction of sp³-hybridized carbons (Fsp3) is 0.467. The summed E-state index contributed by atoms with van der Waals surface area (Å²) >= 11 is 0. The third kappa shape index (κ3) is 5.75. The van der Waals surface area contributed by atoms with Gasteiger partial charge >= 0.3 is 0 Å². The largest absolute Gasteiger partial charge is 0.166 e. The second-order valence-corrected chi connectivity index (χ2v) is 14.1. The molecule has 166 valence electrons. The minimum atomic E-state index is -0.0752. The van der Waals surface area contributed by atoms with E-state index >= 15 is 0 Å². The molecule has 0 N–H and O–H groups in total. The van der Waals surface area contributed by atoms with Crippen molar-refractivity contribution in [2.75, 3.05) is 0 Å². The summed E-state index contributed by atoms with van der Waals surface area (Å²) in [6.45, 7) is 20.7. The van der Waals surface area contributed by atoms with Crippen LogP contribution < -0.4 is 0 Å². The van der Waals surface area contributed by atoms with Gasteiger partial charge in [0.2, 0.25) is 0 Å². The summed E-state index contributed by atoms with van der Waals surface area (Å²) < 4.78 is 0. The molecule has 1 unspecified atom stereocenters. The van der Waals surface area contributed by atoms with Gasteiger partial charge in [-0.3, -0.25) is 0 Å². The minimum Gasteiger partial charge on any atom is -0.0756 e. The first-order valence-electron chi connectivity index (χ1n) is 11.6. The molecule has 0 bridgehead atoms. The predicted molar refractivity (Wildman–Crippen MR) is 139 cm³/mol. The molecule has 2 aromatic rings. The summed E-state index contributed by atoms with van der Waals surface area (Å²) in [5, 5.41) is 0. The van der Waals surface area contributed by atoms with Crippen molar-refractivity contribution in [3.05, 3.63) is 82.8 Å². The van der Waals surface area contributed by atoms with E-state index in [1.54, 1.807) is 0 Å². The van der Waals surface area contributed by atoms with Crippen LogP contribution in [0.15, 0.2) is 81.5 Å². The number of benzene rings is 2. The van der Waals surface area contributed by atoms with Gasteiger partial charge in [-0.15, -0.1) is 0 Å². The smallest absolute Gasteiger partial charge is 0.0756 e. The Morgan fingerprint density at radius 3 is 1.35 bits per heavy atom. The molecule has 0 spiro atoms. The Kier molecular flexibility index (Phi) is 6.68. The van der Waals surface area contributed by atoms with Crippen molar-refractivity contribution in [2.24, 2.45) is 11.3 Å². The van der Waals surface area contributed by atoms with Gasteiger partial charge in [0.1, 0.15) is 0 Å². The Labute approximate surface area is 194 Å². The Morgan fingerprint density at radius 2 is 1.06 bits per heavy atom. The SMILES string of the molecule is CC(C)(C)c1ccc([S+](C2=CCC(C(C)(C)C)C=C2)c2ccc(C(C)(C)C)cc2)cc1. The van der Waals surface area contributed by atoms with E-state index in [1.807, 2.05) is 0 Å². The number of rotatable bonds is 3. The van der Waals surface area contributed by atoms with E-state index in [2.05, 4.69) is 129 Å². The van der Waals surface area contributed by atoms with Gasteiger partial charge in [0.05, 0.1) is 10.9 Å². The lowest BCUT2D eigenvalue weighted by Crippen LogP contribution is -2.20. The van der Waals surface area contributed by atoms with Gasteiger partial charge in [-0.05, 0) is 76.1 Å². The molecule has 1 heteroatoms. The summed E-state index contributed by atoms with van der Waals surface area (Å²) in [6, 6.07) is 18.7. The van der Waals surface area contributed by atoms with Crippen molar-refractivity contribution in [2.45, 2.75) is 89.4 Å². The van der Waals surface area contributed by atoms with Crippen LogP contribution in [0.2, 0.25) is 0 Å². The van der Waals surface area contributed by atoms with Crippen LogP contribution in [0.25, 0.3) is 0 Å². The Morgan fingerprint density at radius 1 is 0.645 bits per heavy atom. The monoisotopic (exact) mass is 433 g/mol. The van der Waals surface area contributed by atoms with Gasteiger partial charge in [-0.25, -0.2) is 0 Å². The normalized spacial score (nSPS) is 17.7. The zero-order chi connectivity index (χ0) is 23.0. The summed E-state index contributed by atoms with van der Waals surface area (Å²) in [4.78, 5) is 4.26. The molecule has 0 saturated carbocycles. The van der Waals surface area contributed by atoms with Crippen molar-refractivity contribution in [1.29, 1.82) is 0 Å². The maximum Gasteiger partial charge on any atom is 0.166 e. The lowest BCUT2D eigenvalue weighted by Gasteiger charge is -2.29. The minimum absolute atomic E-state index is 0.0752. The Balaban J connectivity index is 2.01. The van der Waals surface area contributed by atoms with E-state index in [0.717, 1.165) is 6.42 Å². The highest BCUT2D eigenvalue weighted by molar-refractivity contribution is 8.00. The van der Waals surface area contributed by atoms with Gasteiger partial charge in [0.15, 0.2) is 14.7 Å². The lowest BCUT2D eigenvalue weighted by molar-refractivity contribution is 0.293. The first kappa shape index (κ1) is 23.9. The highest BCUT2D eigenvalue weighted by Gasteiger charge is 2.33. The van der Waals surface area contributed by atoms with Crippen molar-refractivity contribution in [3.8, 4) is 0 Å². The molecule has 0 amide bonds.